The van der Waals surface area contributed by atoms with Gasteiger partial charge < -0.3 is 85.9 Å². The summed E-state index contributed by atoms with van der Waals surface area (Å²) in [6, 6.07) is 8.31. The average molecular weight is 1190 g/mol. The molecular formula is C55H77N13O15S. The number of phenols is 1. The van der Waals surface area contributed by atoms with Gasteiger partial charge in [-0.25, -0.2) is 4.79 Å². The van der Waals surface area contributed by atoms with Gasteiger partial charge in [-0.1, -0.05) is 86.6 Å². The molecule has 84 heavy (non-hydrogen) atoms. The van der Waals surface area contributed by atoms with Crippen molar-refractivity contribution in [2.75, 3.05) is 25.2 Å². The molecule has 458 valence electrons. The summed E-state index contributed by atoms with van der Waals surface area (Å²) in [5.41, 5.74) is 23.4. The van der Waals surface area contributed by atoms with Crippen LogP contribution in [0, 0.1) is 5.92 Å². The topological polar surface area (TPSA) is 481 Å². The first-order chi connectivity index (χ1) is 39.8. The van der Waals surface area contributed by atoms with Crippen LogP contribution in [0.4, 0.5) is 0 Å². The number of primary amides is 1. The number of carbonyl (C=O) groups is 11. The number of aliphatic hydroxyl groups excluding tert-OH is 1. The van der Waals surface area contributed by atoms with E-state index in [-0.39, 0.29) is 69.6 Å². The molecule has 9 amide bonds. The number of thioether (sulfide) groups is 1. The average Bonchev–Trinajstić information content (AvgIpc) is 3.55. The van der Waals surface area contributed by atoms with E-state index < -0.39 is 138 Å². The van der Waals surface area contributed by atoms with Crippen molar-refractivity contribution in [1.29, 1.82) is 0 Å². The number of aliphatic hydroxyl groups is 1. The van der Waals surface area contributed by atoms with Crippen molar-refractivity contribution in [3.63, 3.8) is 0 Å². The van der Waals surface area contributed by atoms with Crippen molar-refractivity contribution in [2.24, 2.45) is 33.8 Å². The first-order valence-electron chi connectivity index (χ1n) is 26.7. The third kappa shape index (κ3) is 25.1. The number of amides is 9. The lowest BCUT2D eigenvalue weighted by atomic mass is 9.99. The Bertz CT molecular complexity index is 2740. The first-order valence-corrected chi connectivity index (χ1v) is 28.1. The van der Waals surface area contributed by atoms with E-state index in [9.17, 15) is 73.2 Å². The molecule has 0 saturated carbocycles. The largest absolute Gasteiger partial charge is 0.508 e. The number of benzene rings is 3. The second kappa shape index (κ2) is 35.9. The van der Waals surface area contributed by atoms with Crippen LogP contribution in [0.1, 0.15) is 69.1 Å². The van der Waals surface area contributed by atoms with Crippen LogP contribution in [-0.4, -0.2) is 171 Å². The number of aliphatic carboxylic acids is 2. The lowest BCUT2D eigenvalue weighted by Gasteiger charge is -2.29. The second-order valence-corrected chi connectivity index (χ2v) is 20.9. The monoisotopic (exact) mass is 1190 g/mol. The Hall–Kier alpha value is -8.83. The van der Waals surface area contributed by atoms with Crippen LogP contribution in [0.15, 0.2) is 89.9 Å². The van der Waals surface area contributed by atoms with Crippen LogP contribution in [0.25, 0.3) is 0 Å². The van der Waals surface area contributed by atoms with E-state index in [1.54, 1.807) is 80.8 Å². The van der Waals surface area contributed by atoms with Gasteiger partial charge in [0.25, 0.3) is 0 Å². The highest BCUT2D eigenvalue weighted by atomic mass is 32.2. The Morgan fingerprint density at radius 2 is 0.952 bits per heavy atom. The van der Waals surface area contributed by atoms with Gasteiger partial charge in [-0.2, -0.15) is 11.8 Å². The number of guanidine groups is 1. The van der Waals surface area contributed by atoms with Crippen molar-refractivity contribution in [2.45, 2.75) is 126 Å². The Morgan fingerprint density at radius 1 is 0.524 bits per heavy atom. The molecule has 28 nitrogen and oxygen atoms in total. The fraction of sp³-hybridized carbons (Fsp3) is 0.455. The van der Waals surface area contributed by atoms with Crippen LogP contribution in [0.2, 0.25) is 0 Å². The summed E-state index contributed by atoms with van der Waals surface area (Å²) in [6.45, 7) is 2.15. The van der Waals surface area contributed by atoms with Gasteiger partial charge >= 0.3 is 11.9 Å². The van der Waals surface area contributed by atoms with Gasteiger partial charge in [-0.3, -0.25) is 52.9 Å². The van der Waals surface area contributed by atoms with Crippen LogP contribution in [0.3, 0.4) is 0 Å². The highest BCUT2D eigenvalue weighted by Gasteiger charge is 2.37. The molecule has 0 unspecified atom stereocenters. The van der Waals surface area contributed by atoms with Crippen LogP contribution < -0.4 is 65.5 Å². The fourth-order valence-electron chi connectivity index (χ4n) is 8.16. The van der Waals surface area contributed by atoms with Crippen LogP contribution in [-0.2, 0) is 72.0 Å². The number of carboxylic acid groups (broad SMARTS) is 2. The van der Waals surface area contributed by atoms with E-state index in [4.69, 9.17) is 22.9 Å². The van der Waals surface area contributed by atoms with Crippen LogP contribution >= 0.6 is 11.8 Å². The van der Waals surface area contributed by atoms with E-state index in [2.05, 4.69) is 47.5 Å². The molecule has 3 aromatic carbocycles. The maximum Gasteiger partial charge on any atom is 0.326 e. The number of carboxylic acids is 2. The van der Waals surface area contributed by atoms with E-state index in [0.29, 0.717) is 22.4 Å². The summed E-state index contributed by atoms with van der Waals surface area (Å²) in [7, 11) is 0. The maximum atomic E-state index is 14.5. The van der Waals surface area contributed by atoms with Gasteiger partial charge in [0.1, 0.15) is 54.1 Å². The molecule has 0 spiro atoms. The number of nitrogens with one attached hydrogen (secondary N) is 8. The molecular weight excluding hydrogens is 1110 g/mol. The third-order valence-corrected chi connectivity index (χ3v) is 13.4. The Labute approximate surface area is 489 Å². The maximum absolute atomic E-state index is 14.5. The highest BCUT2D eigenvalue weighted by Crippen LogP contribution is 2.15. The zero-order valence-electron chi connectivity index (χ0n) is 46.8. The van der Waals surface area contributed by atoms with Crippen molar-refractivity contribution in [1.82, 2.24) is 42.5 Å². The minimum Gasteiger partial charge on any atom is -0.508 e. The SMILES string of the molecule is CSCC[C@H](NC(=O)[C@H](Cc1ccccc1)NC(=O)[C@H](CCCN=C(N)N)NC(=O)[C@@H](NC(=O)[C@H](Cc1ccccc1)NC(=O)[C@H](CC(=O)O)NC(=O)[C@H](Cc1ccc(O)cc1)NC(=O)[C@H](CO)NC(=O)[C@@H](N)CCC(N)=O)C(C)C)C(=O)O. The van der Waals surface area contributed by atoms with Crippen molar-refractivity contribution < 1.29 is 73.2 Å². The summed E-state index contributed by atoms with van der Waals surface area (Å²) in [4.78, 5) is 152. The summed E-state index contributed by atoms with van der Waals surface area (Å²) in [5.74, 6) is -12.4. The molecule has 0 aliphatic carbocycles. The number of nitrogens with zero attached hydrogens (tertiary/aromatic N) is 1. The molecule has 0 aliphatic rings. The number of hydrogen-bond acceptors (Lipinski definition) is 16. The number of carbonyl (C=O) groups excluding carboxylic acids is 9. The molecule has 3 rings (SSSR count). The molecule has 0 bridgehead atoms. The standard InChI is InChI=1S/C55H77N13O15S/c1-30(2)45(53(81)61-36(15-10-23-60-55(58)59)47(75)63-38(25-31-11-6-4-7-12-31)48(76)62-37(54(82)83)22-24-84-3)68-51(79)40(26-32-13-8-5-9-14-32)64-50(78)41(28-44(72)73)66-49(77)39(27-33-16-18-34(70)19-17-33)65-52(80)42(29-69)67-46(74)35(56)20-21-43(57)71/h4-9,11-14,16-19,30,35-42,45,69-70H,10,15,20-29,56H2,1-3H3,(H2,57,71)(H,61,81)(H,62,76)(H,63,75)(H,64,78)(H,65,80)(H,66,77)(H,67,74)(H,68,79)(H,72,73)(H,82,83)(H4,58,59,60)/t35-,36-,37-,38-,39-,40-,41-,42-,45-/m0/s1. The summed E-state index contributed by atoms with van der Waals surface area (Å²) >= 11 is 1.37. The van der Waals surface area contributed by atoms with E-state index in [1.807, 2.05) is 0 Å². The minimum atomic E-state index is -1.96. The highest BCUT2D eigenvalue weighted by molar-refractivity contribution is 7.98. The fourth-order valence-corrected chi connectivity index (χ4v) is 8.63. The van der Waals surface area contributed by atoms with E-state index in [1.165, 1.54) is 36.0 Å². The number of hydrogen-bond donors (Lipinski definition) is 16. The molecule has 0 heterocycles. The third-order valence-electron chi connectivity index (χ3n) is 12.8. The molecule has 3 aromatic rings. The van der Waals surface area contributed by atoms with E-state index in [0.717, 1.165) is 0 Å². The Kier molecular flexibility index (Phi) is 29.7. The van der Waals surface area contributed by atoms with Gasteiger partial charge in [0.05, 0.1) is 19.1 Å². The van der Waals surface area contributed by atoms with E-state index >= 15 is 0 Å². The van der Waals surface area contributed by atoms with Crippen LogP contribution in [0.5, 0.6) is 5.75 Å². The second-order valence-electron chi connectivity index (χ2n) is 19.9. The molecule has 29 heteroatoms. The summed E-state index contributed by atoms with van der Waals surface area (Å²) in [5, 5.41) is 59.7. The normalized spacial score (nSPS) is 14.2. The van der Waals surface area contributed by atoms with Crippen molar-refractivity contribution in [3.05, 3.63) is 102 Å². The number of phenolic OH excluding ortho intramolecular Hbond substituents is 1. The number of nitrogens with two attached hydrogens (primary N) is 4. The molecule has 0 radical (unpaired) electrons. The summed E-state index contributed by atoms with van der Waals surface area (Å²) < 4.78 is 0. The first kappa shape index (κ1) is 69.4. The number of rotatable bonds is 37. The van der Waals surface area contributed by atoms with Gasteiger partial charge in [-0.05, 0) is 72.4 Å². The molecule has 0 fully saturated rings. The zero-order chi connectivity index (χ0) is 62.5. The molecule has 20 N–H and O–H groups in total. The Morgan fingerprint density at radius 3 is 1.40 bits per heavy atom. The summed E-state index contributed by atoms with van der Waals surface area (Å²) in [6.07, 6.45) is -0.418. The lowest BCUT2D eigenvalue weighted by molar-refractivity contribution is -0.142. The number of aromatic hydroxyl groups is 1. The molecule has 0 saturated heterocycles. The van der Waals surface area contributed by atoms with Gasteiger partial charge in [-0.15, -0.1) is 0 Å². The van der Waals surface area contributed by atoms with Gasteiger partial charge in [0.15, 0.2) is 5.96 Å². The molecule has 9 atom stereocenters. The van der Waals surface area contributed by atoms with Gasteiger partial charge in [0, 0.05) is 32.2 Å². The smallest absolute Gasteiger partial charge is 0.326 e. The van der Waals surface area contributed by atoms with Crippen molar-refractivity contribution in [3.8, 4) is 5.75 Å². The quantitative estimate of drug-likeness (QED) is 0.0154. The van der Waals surface area contributed by atoms with Crippen molar-refractivity contribution >= 4 is 82.8 Å². The zero-order valence-corrected chi connectivity index (χ0v) is 47.6. The number of aliphatic imine (C=N–C) groups is 1. The molecule has 0 aliphatic heterocycles. The minimum absolute atomic E-state index is 0.00903. The lowest BCUT2D eigenvalue weighted by Crippen LogP contribution is -2.62. The van der Waals surface area contributed by atoms with Gasteiger partial charge in [0.2, 0.25) is 53.2 Å². The predicted molar refractivity (Wildman–Crippen MR) is 309 cm³/mol. The predicted octanol–water partition coefficient (Wildman–Crippen LogP) is -3.09. The Balaban J connectivity index is 1.97. The molecule has 0 aromatic heterocycles.